The average molecular weight is 258 g/mol. The lowest BCUT2D eigenvalue weighted by Gasteiger charge is -2.11. The Balaban J connectivity index is 0.000000861. The summed E-state index contributed by atoms with van der Waals surface area (Å²) >= 11 is 0. The first-order valence-corrected chi connectivity index (χ1v) is 5.48. The maximum Gasteiger partial charge on any atom is 0.172 e. The van der Waals surface area contributed by atoms with Crippen molar-refractivity contribution in [1.82, 2.24) is 0 Å². The quantitative estimate of drug-likeness (QED) is 0.784. The van der Waals surface area contributed by atoms with Crippen molar-refractivity contribution in [2.45, 2.75) is 0 Å². The van der Waals surface area contributed by atoms with E-state index in [9.17, 15) is 0 Å². The first kappa shape index (κ1) is 14.3. The third-order valence-electron chi connectivity index (χ3n) is 2.34. The Kier molecular flexibility index (Phi) is 5.70. The van der Waals surface area contributed by atoms with Crippen LogP contribution in [-0.2, 0) is 0 Å². The summed E-state index contributed by atoms with van der Waals surface area (Å²) in [6.07, 6.45) is 0. The minimum atomic E-state index is 0.637. The number of methoxy groups -OCH3 is 2. The number of rotatable bonds is 4. The van der Waals surface area contributed by atoms with E-state index in [-0.39, 0.29) is 0 Å². The molecule has 0 fully saturated rings. The number of nitrogens with zero attached hydrogens (tertiary/aromatic N) is 2. The van der Waals surface area contributed by atoms with Crippen LogP contribution in [0, 0.1) is 10.8 Å². The summed E-state index contributed by atoms with van der Waals surface area (Å²) in [6, 6.07) is 15.0. The molecule has 0 spiro atoms. The van der Waals surface area contributed by atoms with Gasteiger partial charge in [0, 0.05) is 16.9 Å². The van der Waals surface area contributed by atoms with Crippen LogP contribution in [0.2, 0.25) is 0 Å². The highest BCUT2D eigenvalue weighted by Gasteiger charge is 2.07. The number of benzene rings is 2. The Labute approximate surface area is 111 Å². The van der Waals surface area contributed by atoms with Crippen molar-refractivity contribution in [2.75, 3.05) is 14.2 Å². The monoisotopic (exact) mass is 258 g/mol. The summed E-state index contributed by atoms with van der Waals surface area (Å²) in [4.78, 5) is 0. The van der Waals surface area contributed by atoms with Crippen LogP contribution in [-0.4, -0.2) is 14.2 Å². The number of ether oxygens (including phenoxy) is 3. The number of hydrogen-bond acceptors (Lipinski definition) is 5. The Morgan fingerprint density at radius 3 is 2.00 bits per heavy atom. The van der Waals surface area contributed by atoms with Crippen molar-refractivity contribution in [1.29, 1.82) is 10.8 Å². The third-order valence-corrected chi connectivity index (χ3v) is 2.34. The molecule has 0 aliphatic heterocycles. The van der Waals surface area contributed by atoms with Crippen LogP contribution in [0.3, 0.4) is 0 Å². The summed E-state index contributed by atoms with van der Waals surface area (Å²) in [5.41, 5.74) is 0. The molecule has 2 aromatic rings. The van der Waals surface area contributed by atoms with Crippen LogP contribution in [0.1, 0.15) is 0 Å². The Morgan fingerprint density at radius 2 is 1.42 bits per heavy atom. The molecule has 5 nitrogen and oxygen atoms in total. The van der Waals surface area contributed by atoms with Gasteiger partial charge in [-0.3, -0.25) is 0 Å². The van der Waals surface area contributed by atoms with Gasteiger partial charge in [0.05, 0.1) is 14.2 Å². The van der Waals surface area contributed by atoms with Crippen LogP contribution in [0.4, 0.5) is 0 Å². The van der Waals surface area contributed by atoms with Crippen molar-refractivity contribution in [3.05, 3.63) is 48.5 Å². The van der Waals surface area contributed by atoms with Gasteiger partial charge in [0.15, 0.2) is 11.5 Å². The summed E-state index contributed by atoms with van der Waals surface area (Å²) in [5, 5.41) is 12.0. The lowest BCUT2D eigenvalue weighted by atomic mass is 10.3. The summed E-state index contributed by atoms with van der Waals surface area (Å²) in [7, 11) is 3.23. The van der Waals surface area contributed by atoms with Gasteiger partial charge in [0.2, 0.25) is 0 Å². The molecule has 0 bridgehead atoms. The van der Waals surface area contributed by atoms with E-state index in [1.807, 2.05) is 42.5 Å². The summed E-state index contributed by atoms with van der Waals surface area (Å²) < 4.78 is 16.1. The molecule has 2 rings (SSSR count). The van der Waals surface area contributed by atoms with Gasteiger partial charge in [-0.1, -0.05) is 18.2 Å². The minimum absolute atomic E-state index is 0.637. The maximum absolute atomic E-state index is 6.00. The molecule has 0 heterocycles. The second-order valence-corrected chi connectivity index (χ2v) is 3.43. The molecule has 0 radical (unpaired) electrons. The predicted molar refractivity (Wildman–Crippen MR) is 69.5 cm³/mol. The molecule has 0 aliphatic rings. The molecular weight excluding hydrogens is 244 g/mol. The van der Waals surface area contributed by atoms with E-state index in [4.69, 9.17) is 25.0 Å². The molecule has 5 heteroatoms. The van der Waals surface area contributed by atoms with Gasteiger partial charge in [-0.15, -0.1) is 0 Å². The average Bonchev–Trinajstić information content (AvgIpc) is 2.50. The number of hydrogen-bond donors (Lipinski definition) is 0. The zero-order valence-electron chi connectivity index (χ0n) is 10.7. The maximum atomic E-state index is 6.00. The van der Waals surface area contributed by atoms with E-state index >= 15 is 0 Å². The van der Waals surface area contributed by atoms with Crippen molar-refractivity contribution in [2.24, 2.45) is 0 Å². The van der Waals surface area contributed by atoms with Gasteiger partial charge >= 0.3 is 0 Å². The lowest BCUT2D eigenvalue weighted by molar-refractivity contribution is 0.371. The molecule has 0 aromatic heterocycles. The fourth-order valence-electron chi connectivity index (χ4n) is 1.48. The third kappa shape index (κ3) is 3.89. The summed E-state index contributed by atoms with van der Waals surface area (Å²) in [5.74, 6) is 2.81. The van der Waals surface area contributed by atoms with E-state index in [1.54, 1.807) is 20.3 Å². The molecule has 2 aromatic carbocycles. The topological polar surface area (TPSA) is 75.3 Å². The van der Waals surface area contributed by atoms with Crippen LogP contribution < -0.4 is 14.2 Å². The van der Waals surface area contributed by atoms with Gasteiger partial charge in [-0.2, -0.15) is 0 Å². The van der Waals surface area contributed by atoms with Crippen LogP contribution in [0.5, 0.6) is 23.0 Å². The Morgan fingerprint density at radius 1 is 0.737 bits per heavy atom. The highest BCUT2D eigenvalue weighted by Crippen LogP contribution is 2.34. The first-order valence-electron chi connectivity index (χ1n) is 5.48. The van der Waals surface area contributed by atoms with Gasteiger partial charge < -0.3 is 14.2 Å². The minimum Gasteiger partial charge on any atom is -0.497 e. The lowest BCUT2D eigenvalue weighted by Crippen LogP contribution is -1.91. The molecule has 0 amide bonds. The smallest absolute Gasteiger partial charge is 0.172 e. The molecular formula is C14H14N2O3. The van der Waals surface area contributed by atoms with Gasteiger partial charge in [0.25, 0.3) is 0 Å². The van der Waals surface area contributed by atoms with Crippen LogP contribution in [0.15, 0.2) is 48.5 Å². The van der Waals surface area contributed by atoms with E-state index in [2.05, 4.69) is 0 Å². The van der Waals surface area contributed by atoms with Gasteiger partial charge in [-0.05, 0) is 24.3 Å². The van der Waals surface area contributed by atoms with Crippen molar-refractivity contribution < 1.29 is 14.2 Å². The fourth-order valence-corrected chi connectivity index (χ4v) is 1.48. The van der Waals surface area contributed by atoms with Gasteiger partial charge in [-0.25, -0.2) is 0 Å². The van der Waals surface area contributed by atoms with Crippen molar-refractivity contribution in [3.63, 3.8) is 0 Å². The normalized spacial score (nSPS) is 8.84. The SMILES string of the molecule is COc1ccc(OC)c(Oc2ccccc2)c1.N#N. The first-order chi connectivity index (χ1) is 9.33. The second-order valence-electron chi connectivity index (χ2n) is 3.43. The largest absolute Gasteiger partial charge is 0.497 e. The van der Waals surface area contributed by atoms with Crippen LogP contribution in [0.25, 0.3) is 0 Å². The predicted octanol–water partition coefficient (Wildman–Crippen LogP) is 3.53. The van der Waals surface area contributed by atoms with Gasteiger partial charge in [0.1, 0.15) is 11.5 Å². The molecule has 0 saturated heterocycles. The van der Waals surface area contributed by atoms with Crippen molar-refractivity contribution >= 4 is 0 Å². The standard InChI is InChI=1S/C14H14O3.N2/c1-15-12-8-9-13(16-2)14(10-12)17-11-6-4-3-5-7-11;1-2/h3-10H,1-2H3;. The zero-order valence-corrected chi connectivity index (χ0v) is 10.7. The Bertz CT molecular complexity index is 527. The molecule has 0 unspecified atom stereocenters. The van der Waals surface area contributed by atoms with E-state index in [0.717, 1.165) is 11.5 Å². The molecule has 0 atom stereocenters. The fraction of sp³-hybridized carbons (Fsp3) is 0.143. The Hall–Kier alpha value is -2.74. The van der Waals surface area contributed by atoms with E-state index < -0.39 is 0 Å². The molecule has 98 valence electrons. The molecule has 0 N–H and O–H groups in total. The van der Waals surface area contributed by atoms with E-state index in [1.165, 1.54) is 0 Å². The summed E-state index contributed by atoms with van der Waals surface area (Å²) in [6.45, 7) is 0. The van der Waals surface area contributed by atoms with Crippen molar-refractivity contribution in [3.8, 4) is 23.0 Å². The van der Waals surface area contributed by atoms with Crippen LogP contribution >= 0.6 is 0 Å². The molecule has 19 heavy (non-hydrogen) atoms. The zero-order chi connectivity index (χ0) is 14.1. The molecule has 0 aliphatic carbocycles. The number of para-hydroxylation sites is 1. The second kappa shape index (κ2) is 7.56. The molecule has 0 saturated carbocycles. The highest BCUT2D eigenvalue weighted by molar-refractivity contribution is 5.47. The van der Waals surface area contributed by atoms with E-state index in [0.29, 0.717) is 11.5 Å². The highest BCUT2D eigenvalue weighted by atomic mass is 16.5.